The highest BCUT2D eigenvalue weighted by molar-refractivity contribution is 4.97. The molecule has 0 aromatic heterocycles. The summed E-state index contributed by atoms with van der Waals surface area (Å²) >= 11 is 0. The van der Waals surface area contributed by atoms with Gasteiger partial charge in [0.1, 0.15) is 0 Å². The lowest BCUT2D eigenvalue weighted by atomic mass is 9.88. The topological polar surface area (TPSA) is 0 Å². The summed E-state index contributed by atoms with van der Waals surface area (Å²) in [5.41, 5.74) is 0.745. The van der Waals surface area contributed by atoms with E-state index in [2.05, 4.69) is 27.2 Å². The molecule has 0 bridgehead atoms. The Morgan fingerprint density at radius 2 is 2.00 bits per heavy atom. The molecular weight excluding hydrogens is 108 g/mol. The van der Waals surface area contributed by atoms with Crippen molar-refractivity contribution in [3.8, 4) is 0 Å². The smallest absolute Gasteiger partial charge is 0.0439 e. The van der Waals surface area contributed by atoms with Crippen LogP contribution in [-0.2, 0) is 0 Å². The molecule has 0 heterocycles. The molecule has 0 atom stereocenters. The fraction of sp³-hybridized carbons (Fsp3) is 0.889. The molecule has 0 amide bonds. The molecule has 0 saturated heterocycles. The van der Waals surface area contributed by atoms with E-state index in [4.69, 9.17) is 0 Å². The Labute approximate surface area is 58.7 Å². The zero-order valence-corrected chi connectivity index (χ0v) is 6.78. The molecular formula is C9H17-. The lowest BCUT2D eigenvalue weighted by Crippen LogP contribution is -2.08. The molecule has 0 aromatic carbocycles. The second-order valence-electron chi connectivity index (χ2n) is 3.63. The predicted molar refractivity (Wildman–Crippen MR) is 41.1 cm³/mol. The first-order chi connectivity index (χ1) is 4.21. The minimum atomic E-state index is 0.745. The van der Waals surface area contributed by atoms with Gasteiger partial charge in [0, 0.05) is 0 Å². The molecule has 0 aromatic rings. The molecule has 9 heavy (non-hydrogen) atoms. The van der Waals surface area contributed by atoms with Gasteiger partial charge < -0.3 is 6.42 Å². The van der Waals surface area contributed by atoms with E-state index in [9.17, 15) is 0 Å². The number of hydrogen-bond acceptors (Lipinski definition) is 0. The summed E-state index contributed by atoms with van der Waals surface area (Å²) in [7, 11) is 0. The molecule has 0 radical (unpaired) electrons. The van der Waals surface area contributed by atoms with Crippen LogP contribution in [0.5, 0.6) is 0 Å². The van der Waals surface area contributed by atoms with Gasteiger partial charge in [0.2, 0.25) is 0 Å². The monoisotopic (exact) mass is 125 g/mol. The van der Waals surface area contributed by atoms with Crippen LogP contribution >= 0.6 is 0 Å². The summed E-state index contributed by atoms with van der Waals surface area (Å²) in [6.07, 6.45) is 6.58. The Kier molecular flexibility index (Phi) is 1.83. The fourth-order valence-corrected chi connectivity index (χ4v) is 1.58. The lowest BCUT2D eigenvalue weighted by Gasteiger charge is -2.22. The second-order valence-corrected chi connectivity index (χ2v) is 3.63. The third-order valence-corrected chi connectivity index (χ3v) is 2.73. The summed E-state index contributed by atoms with van der Waals surface area (Å²) in [5, 5.41) is 0. The Morgan fingerprint density at radius 3 is 2.11 bits per heavy atom. The number of rotatable bonds is 3. The van der Waals surface area contributed by atoms with E-state index in [0.717, 1.165) is 11.3 Å². The summed E-state index contributed by atoms with van der Waals surface area (Å²) in [4.78, 5) is 0. The highest BCUT2D eigenvalue weighted by Gasteiger charge is 2.40. The first-order valence-electron chi connectivity index (χ1n) is 3.99. The van der Waals surface area contributed by atoms with E-state index in [-0.39, 0.29) is 0 Å². The predicted octanol–water partition coefficient (Wildman–Crippen LogP) is 3.04. The first-order valence-corrected chi connectivity index (χ1v) is 3.99. The molecule has 1 fully saturated rings. The average Bonchev–Trinajstić information content (AvgIpc) is 2.49. The van der Waals surface area contributed by atoms with E-state index in [0.29, 0.717) is 0 Å². The van der Waals surface area contributed by atoms with E-state index >= 15 is 0 Å². The molecule has 0 N–H and O–H groups in total. The second kappa shape index (κ2) is 2.32. The van der Waals surface area contributed by atoms with Crippen LogP contribution in [0.1, 0.15) is 40.0 Å². The van der Waals surface area contributed by atoms with Crippen LogP contribution in [0.2, 0.25) is 0 Å². The van der Waals surface area contributed by atoms with Gasteiger partial charge in [-0.25, -0.2) is 0 Å². The average molecular weight is 125 g/mol. The van der Waals surface area contributed by atoms with Crippen molar-refractivity contribution < 1.29 is 0 Å². The Hall–Kier alpha value is 0. The van der Waals surface area contributed by atoms with E-state index < -0.39 is 0 Å². The van der Waals surface area contributed by atoms with Crippen molar-refractivity contribution >= 4 is 0 Å². The van der Waals surface area contributed by atoms with Gasteiger partial charge in [-0.05, 0) is 18.8 Å². The maximum absolute atomic E-state index is 2.34. The summed E-state index contributed by atoms with van der Waals surface area (Å²) in [5.74, 6) is 0.897. The highest BCUT2D eigenvalue weighted by Crippen LogP contribution is 2.54. The molecule has 0 aliphatic heterocycles. The van der Waals surface area contributed by atoms with Crippen molar-refractivity contribution in [1.82, 2.24) is 0 Å². The van der Waals surface area contributed by atoms with Crippen molar-refractivity contribution in [1.29, 1.82) is 0 Å². The Morgan fingerprint density at radius 1 is 1.44 bits per heavy atom. The first kappa shape index (κ1) is 7.11. The van der Waals surface area contributed by atoms with Crippen LogP contribution in [0.15, 0.2) is 0 Å². The van der Waals surface area contributed by atoms with Gasteiger partial charge in [0.05, 0.1) is 0 Å². The van der Waals surface area contributed by atoms with Crippen LogP contribution < -0.4 is 0 Å². The van der Waals surface area contributed by atoms with Crippen molar-refractivity contribution in [2.75, 3.05) is 0 Å². The molecule has 0 unspecified atom stereocenters. The van der Waals surface area contributed by atoms with Gasteiger partial charge in [0.15, 0.2) is 0 Å². The van der Waals surface area contributed by atoms with E-state index in [1.54, 1.807) is 0 Å². The quantitative estimate of drug-likeness (QED) is 0.508. The summed E-state index contributed by atoms with van der Waals surface area (Å²) in [6.45, 7) is 6.86. The van der Waals surface area contributed by atoms with Crippen LogP contribution in [0, 0.1) is 17.8 Å². The summed E-state index contributed by atoms with van der Waals surface area (Å²) in [6, 6.07) is 0. The van der Waals surface area contributed by atoms with Crippen molar-refractivity contribution in [3.63, 3.8) is 0 Å². The zero-order valence-electron chi connectivity index (χ0n) is 6.78. The zero-order chi connectivity index (χ0) is 6.91. The van der Waals surface area contributed by atoms with Crippen LogP contribution in [0.3, 0.4) is 0 Å². The van der Waals surface area contributed by atoms with Crippen molar-refractivity contribution in [2.45, 2.75) is 40.0 Å². The van der Waals surface area contributed by atoms with Crippen molar-refractivity contribution in [3.05, 3.63) is 6.42 Å². The third-order valence-electron chi connectivity index (χ3n) is 2.73. The molecule has 1 aliphatic rings. The largest absolute Gasteiger partial charge is 0.331 e. The Bertz CT molecular complexity index is 88.2. The van der Waals surface area contributed by atoms with Crippen LogP contribution in [0.25, 0.3) is 0 Å². The van der Waals surface area contributed by atoms with Crippen molar-refractivity contribution in [2.24, 2.45) is 11.3 Å². The van der Waals surface area contributed by atoms with Crippen LogP contribution in [-0.4, -0.2) is 0 Å². The molecule has 0 heteroatoms. The lowest BCUT2D eigenvalue weighted by molar-refractivity contribution is 0.354. The maximum Gasteiger partial charge on any atom is -0.0439 e. The molecule has 1 rings (SSSR count). The molecule has 0 spiro atoms. The molecule has 1 aliphatic carbocycles. The molecule has 1 saturated carbocycles. The molecule has 0 nitrogen and oxygen atoms in total. The number of hydrogen-bond donors (Lipinski definition) is 0. The van der Waals surface area contributed by atoms with Crippen LogP contribution in [0.4, 0.5) is 0 Å². The van der Waals surface area contributed by atoms with Gasteiger partial charge in [-0.2, -0.15) is 13.3 Å². The fourth-order valence-electron chi connectivity index (χ4n) is 1.58. The third kappa shape index (κ3) is 1.28. The normalized spacial score (nSPS) is 22.7. The van der Waals surface area contributed by atoms with E-state index in [1.165, 1.54) is 19.3 Å². The minimum absolute atomic E-state index is 0.745. The highest BCUT2D eigenvalue weighted by atomic mass is 14.5. The van der Waals surface area contributed by atoms with Gasteiger partial charge >= 0.3 is 0 Å². The van der Waals surface area contributed by atoms with Gasteiger partial charge in [-0.15, -0.1) is 0 Å². The summed E-state index contributed by atoms with van der Waals surface area (Å²) < 4.78 is 0. The molecule has 54 valence electrons. The maximum atomic E-state index is 2.34. The van der Waals surface area contributed by atoms with E-state index in [1.807, 2.05) is 0 Å². The Balaban J connectivity index is 2.33. The minimum Gasteiger partial charge on any atom is -0.331 e. The standard InChI is InChI=1S/C9H17/c1-4-5-9(6-7-9)8(2)3/h4,8H,5-7H2,1-3H3/q-1. The SMILES string of the molecule is C[CH-]CC1(C(C)C)CC1. The van der Waals surface area contributed by atoms with Gasteiger partial charge in [-0.1, -0.05) is 19.3 Å². The van der Waals surface area contributed by atoms with Gasteiger partial charge in [0.25, 0.3) is 0 Å². The van der Waals surface area contributed by atoms with Gasteiger partial charge in [-0.3, -0.25) is 0 Å².